The van der Waals surface area contributed by atoms with Gasteiger partial charge in [0.15, 0.2) is 0 Å². The minimum absolute atomic E-state index is 0.432. The first kappa shape index (κ1) is 13.0. The molecule has 0 aromatic heterocycles. The summed E-state index contributed by atoms with van der Waals surface area (Å²) >= 11 is 0. The van der Waals surface area contributed by atoms with E-state index in [9.17, 15) is 0 Å². The van der Waals surface area contributed by atoms with Gasteiger partial charge in [0.1, 0.15) is 0 Å². The molecule has 1 fully saturated rings. The van der Waals surface area contributed by atoms with E-state index >= 15 is 0 Å². The van der Waals surface area contributed by atoms with Crippen LogP contribution in [0.25, 0.3) is 0 Å². The smallest absolute Gasteiger partial charge is 0.00981 e. The second-order valence-corrected chi connectivity index (χ2v) is 6.62. The molecule has 0 aliphatic heterocycles. The Labute approximate surface area is 96.2 Å². The van der Waals surface area contributed by atoms with Crippen LogP contribution < -0.4 is 0 Å². The third-order valence-corrected chi connectivity index (χ3v) is 3.36. The maximum Gasteiger partial charge on any atom is 0.00981 e. The minimum Gasteiger partial charge on any atom is -0.297 e. The van der Waals surface area contributed by atoms with Crippen molar-refractivity contribution in [3.05, 3.63) is 0 Å². The molecule has 0 heterocycles. The molecule has 1 nitrogen and oxygen atoms in total. The average molecular weight is 211 g/mol. The van der Waals surface area contributed by atoms with Crippen molar-refractivity contribution in [3.8, 4) is 0 Å². The molecule has 0 unspecified atom stereocenters. The molecule has 1 saturated carbocycles. The molecule has 0 aromatic rings. The van der Waals surface area contributed by atoms with Crippen LogP contribution in [0.4, 0.5) is 0 Å². The van der Waals surface area contributed by atoms with Gasteiger partial charge < -0.3 is 0 Å². The summed E-state index contributed by atoms with van der Waals surface area (Å²) in [6.45, 7) is 13.0. The zero-order valence-corrected chi connectivity index (χ0v) is 11.3. The second-order valence-electron chi connectivity index (χ2n) is 6.62. The lowest BCUT2D eigenvalue weighted by molar-refractivity contribution is 0.0806. The summed E-state index contributed by atoms with van der Waals surface area (Å²) in [5, 5.41) is 0. The van der Waals surface area contributed by atoms with Crippen molar-refractivity contribution in [2.24, 2.45) is 5.41 Å². The molecule has 1 heteroatoms. The van der Waals surface area contributed by atoms with Crippen molar-refractivity contribution in [2.75, 3.05) is 6.54 Å². The Morgan fingerprint density at radius 1 is 1.07 bits per heavy atom. The van der Waals surface area contributed by atoms with E-state index in [0.29, 0.717) is 11.5 Å². The zero-order valence-electron chi connectivity index (χ0n) is 11.3. The van der Waals surface area contributed by atoms with Crippen molar-refractivity contribution in [2.45, 2.75) is 78.8 Å². The van der Waals surface area contributed by atoms with Crippen LogP contribution in [-0.4, -0.2) is 23.5 Å². The van der Waals surface area contributed by atoms with Crippen molar-refractivity contribution < 1.29 is 0 Å². The summed E-state index contributed by atoms with van der Waals surface area (Å²) in [6, 6.07) is 1.56. The van der Waals surface area contributed by atoms with Gasteiger partial charge in [-0.2, -0.15) is 0 Å². The molecule has 0 amide bonds. The van der Waals surface area contributed by atoms with Crippen LogP contribution in [0, 0.1) is 5.41 Å². The first-order chi connectivity index (χ1) is 6.90. The first-order valence-corrected chi connectivity index (χ1v) is 6.66. The van der Waals surface area contributed by atoms with E-state index in [2.05, 4.69) is 39.5 Å². The van der Waals surface area contributed by atoms with E-state index in [0.717, 1.165) is 6.04 Å². The number of hydrogen-bond donors (Lipinski definition) is 0. The van der Waals surface area contributed by atoms with E-state index in [1.807, 2.05) is 0 Å². The highest BCUT2D eigenvalue weighted by Gasteiger charge is 2.26. The molecule has 0 saturated heterocycles. The monoisotopic (exact) mass is 211 g/mol. The molecule has 1 aliphatic carbocycles. The van der Waals surface area contributed by atoms with Gasteiger partial charge in [0.05, 0.1) is 0 Å². The molecule has 0 radical (unpaired) electrons. The van der Waals surface area contributed by atoms with Crippen molar-refractivity contribution in [1.82, 2.24) is 4.90 Å². The maximum atomic E-state index is 2.74. The van der Waals surface area contributed by atoms with Crippen LogP contribution in [0.2, 0.25) is 0 Å². The van der Waals surface area contributed by atoms with Gasteiger partial charge in [-0.05, 0) is 32.1 Å². The quantitative estimate of drug-likeness (QED) is 0.680. The predicted octanol–water partition coefficient (Wildman–Crippen LogP) is 4.08. The topological polar surface area (TPSA) is 3.24 Å². The van der Waals surface area contributed by atoms with E-state index in [-0.39, 0.29) is 0 Å². The molecule has 15 heavy (non-hydrogen) atoms. The van der Waals surface area contributed by atoms with Gasteiger partial charge in [-0.25, -0.2) is 0 Å². The Kier molecular flexibility index (Phi) is 4.64. The summed E-state index contributed by atoms with van der Waals surface area (Å²) in [6.07, 6.45) is 7.19. The van der Waals surface area contributed by atoms with Gasteiger partial charge in [0.25, 0.3) is 0 Å². The molecule has 0 aromatic carbocycles. The number of nitrogens with zero attached hydrogens (tertiary/aromatic N) is 1. The highest BCUT2D eigenvalue weighted by molar-refractivity contribution is 4.81. The predicted molar refractivity (Wildman–Crippen MR) is 68.2 cm³/mol. The zero-order chi connectivity index (χ0) is 11.5. The van der Waals surface area contributed by atoms with Gasteiger partial charge in [-0.15, -0.1) is 0 Å². The maximum absolute atomic E-state index is 2.74. The average Bonchev–Trinajstić information content (AvgIpc) is 2.14. The molecular formula is C14H29N. The summed E-state index contributed by atoms with van der Waals surface area (Å²) in [5.41, 5.74) is 0.432. The lowest BCUT2D eigenvalue weighted by Crippen LogP contribution is -2.45. The fourth-order valence-electron chi connectivity index (χ4n) is 2.69. The lowest BCUT2D eigenvalue weighted by atomic mass is 9.89. The molecule has 0 N–H and O–H groups in total. The summed E-state index contributed by atoms with van der Waals surface area (Å²) in [4.78, 5) is 2.74. The Balaban J connectivity index is 2.56. The standard InChI is InChI=1S/C14H29N/c1-12(2)15(11-14(3,4)5)13-9-7-6-8-10-13/h12-13H,6-11H2,1-5H3. The van der Waals surface area contributed by atoms with Gasteiger partial charge in [0.2, 0.25) is 0 Å². The Bertz CT molecular complexity index is 172. The third kappa shape index (κ3) is 4.55. The number of rotatable bonds is 3. The van der Waals surface area contributed by atoms with Crippen LogP contribution in [0.3, 0.4) is 0 Å². The van der Waals surface area contributed by atoms with Crippen molar-refractivity contribution in [1.29, 1.82) is 0 Å². The molecular weight excluding hydrogens is 182 g/mol. The summed E-state index contributed by atoms with van der Waals surface area (Å²) in [5.74, 6) is 0. The molecule has 0 bridgehead atoms. The van der Waals surface area contributed by atoms with Gasteiger partial charge in [-0.3, -0.25) is 4.90 Å². The highest BCUT2D eigenvalue weighted by atomic mass is 15.2. The lowest BCUT2D eigenvalue weighted by Gasteiger charge is -2.41. The van der Waals surface area contributed by atoms with Gasteiger partial charge in [0, 0.05) is 18.6 Å². The van der Waals surface area contributed by atoms with E-state index in [1.54, 1.807) is 0 Å². The summed E-state index contributed by atoms with van der Waals surface area (Å²) < 4.78 is 0. The second kappa shape index (κ2) is 5.34. The van der Waals surface area contributed by atoms with Crippen LogP contribution in [0.15, 0.2) is 0 Å². The van der Waals surface area contributed by atoms with Gasteiger partial charge >= 0.3 is 0 Å². The fraction of sp³-hybridized carbons (Fsp3) is 1.00. The normalized spacial score (nSPS) is 20.2. The Hall–Kier alpha value is -0.0400. The van der Waals surface area contributed by atoms with Crippen LogP contribution in [0.1, 0.15) is 66.7 Å². The first-order valence-electron chi connectivity index (χ1n) is 6.66. The van der Waals surface area contributed by atoms with Crippen LogP contribution in [0.5, 0.6) is 0 Å². The molecule has 0 spiro atoms. The molecule has 1 rings (SSSR count). The van der Waals surface area contributed by atoms with E-state index in [1.165, 1.54) is 38.6 Å². The van der Waals surface area contributed by atoms with Crippen LogP contribution >= 0.6 is 0 Å². The minimum atomic E-state index is 0.432. The molecule has 1 aliphatic rings. The van der Waals surface area contributed by atoms with E-state index in [4.69, 9.17) is 0 Å². The van der Waals surface area contributed by atoms with Gasteiger partial charge in [-0.1, -0.05) is 40.0 Å². The summed E-state index contributed by atoms with van der Waals surface area (Å²) in [7, 11) is 0. The van der Waals surface area contributed by atoms with Crippen molar-refractivity contribution in [3.63, 3.8) is 0 Å². The molecule has 0 atom stereocenters. The van der Waals surface area contributed by atoms with Crippen LogP contribution in [-0.2, 0) is 0 Å². The Morgan fingerprint density at radius 2 is 1.60 bits per heavy atom. The SMILES string of the molecule is CC(C)N(CC(C)(C)C)C1CCCCC1. The van der Waals surface area contributed by atoms with E-state index < -0.39 is 0 Å². The fourth-order valence-corrected chi connectivity index (χ4v) is 2.69. The number of hydrogen-bond acceptors (Lipinski definition) is 1. The van der Waals surface area contributed by atoms with Crippen molar-refractivity contribution >= 4 is 0 Å². The molecule has 90 valence electrons. The largest absolute Gasteiger partial charge is 0.297 e. The highest BCUT2D eigenvalue weighted by Crippen LogP contribution is 2.27. The third-order valence-electron chi connectivity index (χ3n) is 3.36. The Morgan fingerprint density at radius 3 is 2.00 bits per heavy atom.